The molecule has 2 atom stereocenters. The van der Waals surface area contributed by atoms with Crippen molar-refractivity contribution in [2.75, 3.05) is 26.1 Å². The minimum absolute atomic E-state index is 0.00887. The smallest absolute Gasteiger partial charge is 0.296 e. The van der Waals surface area contributed by atoms with Gasteiger partial charge >= 0.3 is 0 Å². The van der Waals surface area contributed by atoms with Crippen LogP contribution in [0.4, 0.5) is 11.4 Å². The van der Waals surface area contributed by atoms with E-state index in [1.54, 1.807) is 6.07 Å². The largest absolute Gasteiger partial charge is 0.493 e. The van der Waals surface area contributed by atoms with E-state index in [1.807, 2.05) is 0 Å². The van der Waals surface area contributed by atoms with Gasteiger partial charge in [0, 0.05) is 18.2 Å². The fraction of sp³-hybridized carbons (Fsp3) is 0.571. The molecule has 1 fully saturated rings. The summed E-state index contributed by atoms with van der Waals surface area (Å²) in [5, 5.41) is 17.9. The molecule has 1 saturated heterocycles. The van der Waals surface area contributed by atoms with Gasteiger partial charge in [-0.15, -0.1) is 0 Å². The molecule has 1 heterocycles. The number of anilines is 1. The fourth-order valence-electron chi connectivity index (χ4n) is 2.58. The van der Waals surface area contributed by atoms with Crippen LogP contribution in [0.5, 0.6) is 11.5 Å². The van der Waals surface area contributed by atoms with Gasteiger partial charge in [0.2, 0.25) is 0 Å². The van der Waals surface area contributed by atoms with Crippen molar-refractivity contribution in [2.45, 2.75) is 31.8 Å². The van der Waals surface area contributed by atoms with Crippen molar-refractivity contribution in [1.82, 2.24) is 5.32 Å². The summed E-state index contributed by atoms with van der Waals surface area (Å²) >= 11 is 0. The molecule has 7 heteroatoms. The average Bonchev–Trinajstić information content (AvgIpc) is 2.48. The van der Waals surface area contributed by atoms with Crippen LogP contribution < -0.4 is 20.1 Å². The molecule has 1 aliphatic rings. The highest BCUT2D eigenvalue weighted by Crippen LogP contribution is 2.38. The monoisotopic (exact) mass is 295 g/mol. The van der Waals surface area contributed by atoms with Crippen molar-refractivity contribution in [2.24, 2.45) is 0 Å². The van der Waals surface area contributed by atoms with E-state index in [9.17, 15) is 10.1 Å². The summed E-state index contributed by atoms with van der Waals surface area (Å²) in [7, 11) is 2.97. The molecule has 116 valence electrons. The number of hydrogen-bond donors (Lipinski definition) is 2. The zero-order valence-corrected chi connectivity index (χ0v) is 12.5. The van der Waals surface area contributed by atoms with E-state index in [-0.39, 0.29) is 17.8 Å². The predicted molar refractivity (Wildman–Crippen MR) is 80.3 cm³/mol. The van der Waals surface area contributed by atoms with Crippen LogP contribution in [-0.4, -0.2) is 37.8 Å². The Kier molecular flexibility index (Phi) is 4.85. The summed E-state index contributed by atoms with van der Waals surface area (Å²) in [6.45, 7) is 3.05. The first kappa shape index (κ1) is 15.4. The Labute approximate surface area is 123 Å². The molecular weight excluding hydrogens is 274 g/mol. The Balaban J connectivity index is 2.33. The first-order chi connectivity index (χ1) is 10.1. The molecule has 1 aromatic rings. The van der Waals surface area contributed by atoms with Crippen molar-refractivity contribution in [3.8, 4) is 11.5 Å². The van der Waals surface area contributed by atoms with Gasteiger partial charge in [0.1, 0.15) is 5.69 Å². The molecule has 1 aromatic carbocycles. The highest BCUT2D eigenvalue weighted by atomic mass is 16.6. The topological polar surface area (TPSA) is 85.7 Å². The molecule has 2 N–H and O–H groups in total. The lowest BCUT2D eigenvalue weighted by Crippen LogP contribution is -2.46. The zero-order chi connectivity index (χ0) is 15.4. The predicted octanol–water partition coefficient (Wildman–Crippen LogP) is 2.16. The van der Waals surface area contributed by atoms with Gasteiger partial charge in [0.15, 0.2) is 11.5 Å². The third kappa shape index (κ3) is 3.36. The molecule has 0 bridgehead atoms. The second kappa shape index (κ2) is 6.62. The number of nitro benzene ring substituents is 1. The molecule has 1 aliphatic heterocycles. The summed E-state index contributed by atoms with van der Waals surface area (Å²) in [6.07, 6.45) is 2.02. The highest BCUT2D eigenvalue weighted by molar-refractivity contribution is 5.69. The summed E-state index contributed by atoms with van der Waals surface area (Å²) in [5.41, 5.74) is 0.448. The van der Waals surface area contributed by atoms with Crippen LogP contribution in [0.15, 0.2) is 12.1 Å². The van der Waals surface area contributed by atoms with Gasteiger partial charge in [0.05, 0.1) is 25.2 Å². The summed E-state index contributed by atoms with van der Waals surface area (Å²) < 4.78 is 10.3. The van der Waals surface area contributed by atoms with E-state index in [0.717, 1.165) is 19.4 Å². The molecule has 0 aliphatic carbocycles. The van der Waals surface area contributed by atoms with Gasteiger partial charge in [-0.2, -0.15) is 0 Å². The summed E-state index contributed by atoms with van der Waals surface area (Å²) in [5.74, 6) is 0.826. The lowest BCUT2D eigenvalue weighted by molar-refractivity contribution is -0.384. The van der Waals surface area contributed by atoms with Crippen molar-refractivity contribution in [3.05, 3.63) is 22.2 Å². The van der Waals surface area contributed by atoms with Crippen LogP contribution in [0.25, 0.3) is 0 Å². The Morgan fingerprint density at radius 3 is 2.57 bits per heavy atom. The van der Waals surface area contributed by atoms with E-state index in [0.29, 0.717) is 17.2 Å². The van der Waals surface area contributed by atoms with E-state index in [4.69, 9.17) is 9.47 Å². The molecule has 7 nitrogen and oxygen atoms in total. The van der Waals surface area contributed by atoms with Crippen molar-refractivity contribution in [3.63, 3.8) is 0 Å². The van der Waals surface area contributed by atoms with Crippen LogP contribution in [0.3, 0.4) is 0 Å². The number of benzene rings is 1. The quantitative estimate of drug-likeness (QED) is 0.639. The molecule has 0 saturated carbocycles. The maximum Gasteiger partial charge on any atom is 0.296 e. The first-order valence-electron chi connectivity index (χ1n) is 6.97. The van der Waals surface area contributed by atoms with Gasteiger partial charge < -0.3 is 20.1 Å². The molecular formula is C14H21N3O4. The number of nitrogens with zero attached hydrogens (tertiary/aromatic N) is 1. The highest BCUT2D eigenvalue weighted by Gasteiger charge is 2.25. The Morgan fingerprint density at radius 2 is 2.00 bits per heavy atom. The second-order valence-corrected chi connectivity index (χ2v) is 5.12. The van der Waals surface area contributed by atoms with Crippen molar-refractivity contribution < 1.29 is 14.4 Å². The Morgan fingerprint density at radius 1 is 1.33 bits per heavy atom. The average molecular weight is 295 g/mol. The Bertz CT molecular complexity index is 521. The number of nitrogens with one attached hydrogen (secondary N) is 2. The van der Waals surface area contributed by atoms with Gasteiger partial charge in [-0.05, 0) is 26.3 Å². The van der Waals surface area contributed by atoms with E-state index in [1.165, 1.54) is 20.3 Å². The van der Waals surface area contributed by atoms with E-state index >= 15 is 0 Å². The summed E-state index contributed by atoms with van der Waals surface area (Å²) in [6, 6.07) is 3.42. The molecule has 0 amide bonds. The van der Waals surface area contributed by atoms with E-state index < -0.39 is 4.92 Å². The minimum atomic E-state index is -0.411. The first-order valence-corrected chi connectivity index (χ1v) is 6.97. The third-order valence-electron chi connectivity index (χ3n) is 3.80. The van der Waals surface area contributed by atoms with Crippen LogP contribution in [0, 0.1) is 10.1 Å². The zero-order valence-electron chi connectivity index (χ0n) is 12.5. The molecule has 21 heavy (non-hydrogen) atoms. The number of rotatable bonds is 5. The van der Waals surface area contributed by atoms with Crippen LogP contribution in [-0.2, 0) is 0 Å². The lowest BCUT2D eigenvalue weighted by atomic mass is 9.99. The molecule has 0 spiro atoms. The van der Waals surface area contributed by atoms with E-state index in [2.05, 4.69) is 17.6 Å². The van der Waals surface area contributed by atoms with Gasteiger partial charge in [-0.1, -0.05) is 0 Å². The normalized spacial score (nSPS) is 21.7. The fourth-order valence-corrected chi connectivity index (χ4v) is 2.58. The number of piperidine rings is 1. The lowest BCUT2D eigenvalue weighted by Gasteiger charge is -2.31. The van der Waals surface area contributed by atoms with Crippen LogP contribution in [0.1, 0.15) is 19.8 Å². The molecule has 2 rings (SSSR count). The maximum absolute atomic E-state index is 11.3. The minimum Gasteiger partial charge on any atom is -0.493 e. The summed E-state index contributed by atoms with van der Waals surface area (Å²) in [4.78, 5) is 10.9. The van der Waals surface area contributed by atoms with Gasteiger partial charge in [0.25, 0.3) is 5.69 Å². The van der Waals surface area contributed by atoms with Gasteiger partial charge in [-0.25, -0.2) is 0 Å². The number of nitro groups is 1. The third-order valence-corrected chi connectivity index (χ3v) is 3.80. The number of ether oxygens (including phenoxy) is 2. The second-order valence-electron chi connectivity index (χ2n) is 5.12. The standard InChI is InChI=1S/C14H21N3O4/c1-9-10(5-4-6-15-9)16-11-7-13(20-2)14(21-3)8-12(11)17(18)19/h7-10,15-16H,4-6H2,1-3H3. The van der Waals surface area contributed by atoms with Crippen molar-refractivity contribution >= 4 is 11.4 Å². The maximum atomic E-state index is 11.3. The van der Waals surface area contributed by atoms with Crippen molar-refractivity contribution in [1.29, 1.82) is 0 Å². The van der Waals surface area contributed by atoms with Gasteiger partial charge in [-0.3, -0.25) is 10.1 Å². The number of methoxy groups -OCH3 is 2. The Hall–Kier alpha value is -2.02. The molecule has 0 radical (unpaired) electrons. The number of hydrogen-bond acceptors (Lipinski definition) is 6. The SMILES string of the molecule is COc1cc(NC2CCCNC2C)c([N+](=O)[O-])cc1OC. The van der Waals surface area contributed by atoms with Crippen LogP contribution in [0.2, 0.25) is 0 Å². The molecule has 2 unspecified atom stereocenters. The molecule has 0 aromatic heterocycles. The van der Waals surface area contributed by atoms with Crippen LogP contribution >= 0.6 is 0 Å².